The molecule has 1 heteroatoms. The molecule has 0 saturated carbocycles. The Morgan fingerprint density at radius 3 is 2.42 bits per heavy atom. The smallest absolute Gasteiger partial charge is 0.0404 e. The standard InChI is InChI=1S/C11H13Cl/c1-10-5-7-11(8-6-10)4-2-3-9-12/h2-3,5-8H,4,9H2,1H3. The quantitative estimate of drug-likeness (QED) is 0.495. The Morgan fingerprint density at radius 1 is 1.17 bits per heavy atom. The molecular formula is C11H13Cl. The van der Waals surface area contributed by atoms with Gasteiger partial charge >= 0.3 is 0 Å². The minimum Gasteiger partial charge on any atom is -0.122 e. The van der Waals surface area contributed by atoms with Gasteiger partial charge in [-0.05, 0) is 18.9 Å². The van der Waals surface area contributed by atoms with E-state index in [2.05, 4.69) is 37.3 Å². The summed E-state index contributed by atoms with van der Waals surface area (Å²) in [6.45, 7) is 2.10. The first-order chi connectivity index (χ1) is 5.83. The van der Waals surface area contributed by atoms with E-state index in [1.165, 1.54) is 11.1 Å². The van der Waals surface area contributed by atoms with Crippen molar-refractivity contribution in [2.45, 2.75) is 13.3 Å². The lowest BCUT2D eigenvalue weighted by molar-refractivity contribution is 1.25. The molecule has 0 heterocycles. The Hall–Kier alpha value is -0.750. The van der Waals surface area contributed by atoms with E-state index in [0.717, 1.165) is 6.42 Å². The number of hydrogen-bond acceptors (Lipinski definition) is 0. The fourth-order valence-electron chi connectivity index (χ4n) is 1.01. The number of alkyl halides is 1. The van der Waals surface area contributed by atoms with Crippen LogP contribution in [0.1, 0.15) is 11.1 Å². The Kier molecular flexibility index (Phi) is 3.89. The average molecular weight is 181 g/mol. The van der Waals surface area contributed by atoms with Gasteiger partial charge in [0.1, 0.15) is 0 Å². The fraction of sp³-hybridized carbons (Fsp3) is 0.273. The van der Waals surface area contributed by atoms with Crippen molar-refractivity contribution in [2.24, 2.45) is 0 Å². The lowest BCUT2D eigenvalue weighted by Gasteiger charge is -1.96. The van der Waals surface area contributed by atoms with Crippen molar-refractivity contribution in [3.63, 3.8) is 0 Å². The van der Waals surface area contributed by atoms with Gasteiger partial charge in [0.2, 0.25) is 0 Å². The van der Waals surface area contributed by atoms with Gasteiger partial charge in [0.15, 0.2) is 0 Å². The highest BCUT2D eigenvalue weighted by molar-refractivity contribution is 6.18. The van der Waals surface area contributed by atoms with Crippen LogP contribution in [0.5, 0.6) is 0 Å². The number of aryl methyl sites for hydroxylation is 1. The average Bonchev–Trinajstić information content (AvgIpc) is 2.09. The molecule has 0 aliphatic rings. The first-order valence-corrected chi connectivity index (χ1v) is 4.63. The molecule has 0 fully saturated rings. The predicted octanol–water partition coefficient (Wildman–Crippen LogP) is 3.33. The number of allylic oxidation sites excluding steroid dienone is 2. The molecule has 0 bridgehead atoms. The molecule has 0 aromatic heterocycles. The summed E-state index contributed by atoms with van der Waals surface area (Å²) in [6.07, 6.45) is 5.05. The third-order valence-electron chi connectivity index (χ3n) is 1.73. The van der Waals surface area contributed by atoms with E-state index in [-0.39, 0.29) is 0 Å². The summed E-state index contributed by atoms with van der Waals surface area (Å²) >= 11 is 5.51. The number of benzene rings is 1. The third-order valence-corrected chi connectivity index (χ3v) is 1.91. The van der Waals surface area contributed by atoms with Crippen molar-refractivity contribution < 1.29 is 0 Å². The largest absolute Gasteiger partial charge is 0.122 e. The molecule has 0 atom stereocenters. The molecule has 0 amide bonds. The van der Waals surface area contributed by atoms with Crippen LogP contribution in [0.4, 0.5) is 0 Å². The van der Waals surface area contributed by atoms with Crippen LogP contribution >= 0.6 is 11.6 Å². The molecule has 0 aliphatic carbocycles. The molecule has 1 aromatic carbocycles. The van der Waals surface area contributed by atoms with Crippen LogP contribution in [0.3, 0.4) is 0 Å². The molecule has 0 aliphatic heterocycles. The molecule has 0 radical (unpaired) electrons. The SMILES string of the molecule is Cc1ccc(CC=CCCl)cc1. The minimum absolute atomic E-state index is 0.603. The van der Waals surface area contributed by atoms with Gasteiger partial charge in [-0.2, -0.15) is 0 Å². The summed E-state index contributed by atoms with van der Waals surface area (Å²) in [7, 11) is 0. The van der Waals surface area contributed by atoms with Crippen LogP contribution in [0.15, 0.2) is 36.4 Å². The van der Waals surface area contributed by atoms with E-state index >= 15 is 0 Å². The number of halogens is 1. The van der Waals surface area contributed by atoms with Gasteiger partial charge in [-0.1, -0.05) is 42.0 Å². The summed E-state index contributed by atoms with van der Waals surface area (Å²) in [5.74, 6) is 0.603. The summed E-state index contributed by atoms with van der Waals surface area (Å²) in [5.41, 5.74) is 2.64. The third kappa shape index (κ3) is 3.10. The van der Waals surface area contributed by atoms with Gasteiger partial charge in [-0.15, -0.1) is 11.6 Å². The zero-order valence-corrected chi connectivity index (χ0v) is 8.01. The van der Waals surface area contributed by atoms with Crippen molar-refractivity contribution >= 4 is 11.6 Å². The molecule has 0 spiro atoms. The van der Waals surface area contributed by atoms with Crippen molar-refractivity contribution in [1.82, 2.24) is 0 Å². The zero-order valence-electron chi connectivity index (χ0n) is 7.26. The fourth-order valence-corrected chi connectivity index (χ4v) is 1.13. The van der Waals surface area contributed by atoms with Crippen molar-refractivity contribution in [3.8, 4) is 0 Å². The number of hydrogen-bond donors (Lipinski definition) is 0. The first-order valence-electron chi connectivity index (χ1n) is 4.09. The van der Waals surface area contributed by atoms with Crippen LogP contribution in [0.2, 0.25) is 0 Å². The number of rotatable bonds is 3. The minimum atomic E-state index is 0.603. The molecular weight excluding hydrogens is 168 g/mol. The summed E-state index contributed by atoms with van der Waals surface area (Å²) < 4.78 is 0. The molecule has 0 nitrogen and oxygen atoms in total. The van der Waals surface area contributed by atoms with Crippen LogP contribution in [0.25, 0.3) is 0 Å². The Morgan fingerprint density at radius 2 is 1.83 bits per heavy atom. The highest BCUT2D eigenvalue weighted by atomic mass is 35.5. The molecule has 0 unspecified atom stereocenters. The van der Waals surface area contributed by atoms with E-state index in [9.17, 15) is 0 Å². The van der Waals surface area contributed by atoms with Crippen molar-refractivity contribution in [1.29, 1.82) is 0 Å². The lowest BCUT2D eigenvalue weighted by atomic mass is 10.1. The maximum Gasteiger partial charge on any atom is 0.0404 e. The van der Waals surface area contributed by atoms with Crippen LogP contribution in [-0.4, -0.2) is 5.88 Å². The highest BCUT2D eigenvalue weighted by Gasteiger charge is 1.87. The molecule has 0 saturated heterocycles. The van der Waals surface area contributed by atoms with Crippen LogP contribution < -0.4 is 0 Å². The lowest BCUT2D eigenvalue weighted by Crippen LogP contribution is -1.80. The van der Waals surface area contributed by atoms with E-state index in [1.54, 1.807) is 0 Å². The Balaban J connectivity index is 2.53. The second kappa shape index (κ2) is 5.00. The summed E-state index contributed by atoms with van der Waals surface area (Å²) in [4.78, 5) is 0. The molecule has 0 N–H and O–H groups in total. The zero-order chi connectivity index (χ0) is 8.81. The second-order valence-electron chi connectivity index (χ2n) is 2.82. The molecule has 12 heavy (non-hydrogen) atoms. The first kappa shape index (κ1) is 9.34. The predicted molar refractivity (Wildman–Crippen MR) is 54.7 cm³/mol. The monoisotopic (exact) mass is 180 g/mol. The Labute approximate surface area is 78.9 Å². The van der Waals surface area contributed by atoms with Crippen LogP contribution in [-0.2, 0) is 6.42 Å². The van der Waals surface area contributed by atoms with Crippen molar-refractivity contribution in [3.05, 3.63) is 47.5 Å². The maximum absolute atomic E-state index is 5.51. The second-order valence-corrected chi connectivity index (χ2v) is 3.12. The molecule has 1 aromatic rings. The van der Waals surface area contributed by atoms with Gasteiger partial charge in [-0.25, -0.2) is 0 Å². The highest BCUT2D eigenvalue weighted by Crippen LogP contribution is 2.04. The Bertz CT molecular complexity index is 246. The van der Waals surface area contributed by atoms with E-state index < -0.39 is 0 Å². The molecule has 64 valence electrons. The van der Waals surface area contributed by atoms with Gasteiger partial charge in [-0.3, -0.25) is 0 Å². The molecule has 1 rings (SSSR count). The summed E-state index contributed by atoms with van der Waals surface area (Å²) in [5, 5.41) is 0. The van der Waals surface area contributed by atoms with Gasteiger partial charge in [0, 0.05) is 5.88 Å². The van der Waals surface area contributed by atoms with Gasteiger partial charge in [0.05, 0.1) is 0 Å². The summed E-state index contributed by atoms with van der Waals surface area (Å²) in [6, 6.07) is 8.55. The normalized spacial score (nSPS) is 10.8. The van der Waals surface area contributed by atoms with E-state index in [4.69, 9.17) is 11.6 Å². The van der Waals surface area contributed by atoms with E-state index in [1.807, 2.05) is 6.08 Å². The van der Waals surface area contributed by atoms with Gasteiger partial charge < -0.3 is 0 Å². The van der Waals surface area contributed by atoms with Crippen molar-refractivity contribution in [2.75, 3.05) is 5.88 Å². The van der Waals surface area contributed by atoms with Gasteiger partial charge in [0.25, 0.3) is 0 Å². The van der Waals surface area contributed by atoms with E-state index in [0.29, 0.717) is 5.88 Å². The topological polar surface area (TPSA) is 0 Å². The maximum atomic E-state index is 5.51. The van der Waals surface area contributed by atoms with Crippen LogP contribution in [0, 0.1) is 6.92 Å².